The Balaban J connectivity index is 1.86. The van der Waals surface area contributed by atoms with Gasteiger partial charge in [-0.2, -0.15) is 13.2 Å². The minimum Gasteiger partial charge on any atom is -0.497 e. The standard InChI is InChI=1S/C21H25F3N2O3S/c1-29-17-11-9-16(10-12-17)19(26-13-5-2-6-14-26)15-25-30(27,28)20-8-4-3-7-18(20)21(22,23)24/h3-4,7-12,19,25H,2,5-6,13-15H2,1H3. The zero-order chi connectivity index (χ0) is 21.8. The third-order valence-electron chi connectivity index (χ3n) is 5.28. The maximum atomic E-state index is 13.3. The van der Waals surface area contributed by atoms with Crippen molar-refractivity contribution in [1.29, 1.82) is 0 Å². The van der Waals surface area contributed by atoms with Crippen molar-refractivity contribution in [2.24, 2.45) is 0 Å². The molecular formula is C21H25F3N2O3S. The number of nitrogens with one attached hydrogen (secondary N) is 1. The summed E-state index contributed by atoms with van der Waals surface area (Å²) in [4.78, 5) is 1.41. The van der Waals surface area contributed by atoms with Crippen molar-refractivity contribution in [3.8, 4) is 5.75 Å². The number of hydrogen-bond acceptors (Lipinski definition) is 4. The second-order valence-corrected chi connectivity index (χ2v) is 8.97. The van der Waals surface area contributed by atoms with Crippen LogP contribution in [0.25, 0.3) is 0 Å². The van der Waals surface area contributed by atoms with Crippen LogP contribution < -0.4 is 9.46 Å². The minimum atomic E-state index is -4.76. The van der Waals surface area contributed by atoms with Crippen LogP contribution in [-0.4, -0.2) is 40.1 Å². The molecule has 164 valence electrons. The highest BCUT2D eigenvalue weighted by Crippen LogP contribution is 2.34. The van der Waals surface area contributed by atoms with Gasteiger partial charge in [0.15, 0.2) is 0 Å². The van der Waals surface area contributed by atoms with E-state index in [9.17, 15) is 21.6 Å². The number of halogens is 3. The number of alkyl halides is 3. The first kappa shape index (κ1) is 22.6. The number of sulfonamides is 1. The number of methoxy groups -OCH3 is 1. The van der Waals surface area contributed by atoms with Gasteiger partial charge in [0.25, 0.3) is 0 Å². The quantitative estimate of drug-likeness (QED) is 0.698. The Morgan fingerprint density at radius 2 is 1.67 bits per heavy atom. The van der Waals surface area contributed by atoms with Crippen molar-refractivity contribution in [3.63, 3.8) is 0 Å². The maximum absolute atomic E-state index is 13.3. The molecule has 1 aliphatic heterocycles. The van der Waals surface area contributed by atoms with Gasteiger partial charge in [-0.05, 0) is 55.8 Å². The Hall–Kier alpha value is -2.10. The summed E-state index contributed by atoms with van der Waals surface area (Å²) in [5.74, 6) is 0.677. The van der Waals surface area contributed by atoms with Crippen molar-refractivity contribution < 1.29 is 26.3 Å². The van der Waals surface area contributed by atoms with Gasteiger partial charge >= 0.3 is 6.18 Å². The van der Waals surface area contributed by atoms with Crippen LogP contribution >= 0.6 is 0 Å². The second kappa shape index (κ2) is 9.36. The van der Waals surface area contributed by atoms with Gasteiger partial charge in [0.1, 0.15) is 5.75 Å². The van der Waals surface area contributed by atoms with Gasteiger partial charge in [0, 0.05) is 12.6 Å². The molecule has 1 saturated heterocycles. The van der Waals surface area contributed by atoms with Crippen molar-refractivity contribution in [2.75, 3.05) is 26.7 Å². The van der Waals surface area contributed by atoms with E-state index in [1.54, 1.807) is 19.2 Å². The van der Waals surface area contributed by atoms with Crippen LogP contribution in [0.4, 0.5) is 13.2 Å². The van der Waals surface area contributed by atoms with Crippen molar-refractivity contribution >= 4 is 10.0 Å². The summed E-state index contributed by atoms with van der Waals surface area (Å²) in [6, 6.07) is 11.2. The summed E-state index contributed by atoms with van der Waals surface area (Å²) in [5.41, 5.74) is -0.291. The topological polar surface area (TPSA) is 58.6 Å². The first-order chi connectivity index (χ1) is 14.2. The highest BCUT2D eigenvalue weighted by Gasteiger charge is 2.37. The summed E-state index contributed by atoms with van der Waals surface area (Å²) in [5, 5.41) is 0. The molecular weight excluding hydrogens is 417 g/mol. The van der Waals surface area contributed by atoms with Gasteiger partial charge in [-0.25, -0.2) is 13.1 Å². The molecule has 9 heteroatoms. The van der Waals surface area contributed by atoms with Crippen LogP contribution in [0.2, 0.25) is 0 Å². The second-order valence-electron chi connectivity index (χ2n) is 7.23. The van der Waals surface area contributed by atoms with Crippen LogP contribution in [0.15, 0.2) is 53.4 Å². The van der Waals surface area contributed by atoms with E-state index in [-0.39, 0.29) is 12.6 Å². The molecule has 2 aromatic rings. The highest BCUT2D eigenvalue weighted by molar-refractivity contribution is 7.89. The lowest BCUT2D eigenvalue weighted by Crippen LogP contribution is -2.40. The monoisotopic (exact) mass is 442 g/mol. The Kier molecular flexibility index (Phi) is 7.05. The summed E-state index contributed by atoms with van der Waals surface area (Å²) < 4.78 is 73.0. The molecule has 0 radical (unpaired) electrons. The molecule has 1 fully saturated rings. The molecule has 5 nitrogen and oxygen atoms in total. The molecule has 0 aliphatic carbocycles. The largest absolute Gasteiger partial charge is 0.497 e. The highest BCUT2D eigenvalue weighted by atomic mass is 32.2. The Labute approximate surface area is 174 Å². The molecule has 0 bridgehead atoms. The summed E-state index contributed by atoms with van der Waals surface area (Å²) in [6.45, 7) is 1.58. The summed E-state index contributed by atoms with van der Waals surface area (Å²) in [6.07, 6.45) is -1.66. The first-order valence-electron chi connectivity index (χ1n) is 9.76. The molecule has 30 heavy (non-hydrogen) atoms. The smallest absolute Gasteiger partial charge is 0.417 e. The third-order valence-corrected chi connectivity index (χ3v) is 6.76. The lowest BCUT2D eigenvalue weighted by molar-refractivity contribution is -0.139. The fraction of sp³-hybridized carbons (Fsp3) is 0.429. The van der Waals surface area contributed by atoms with E-state index in [0.717, 1.165) is 50.0 Å². The van der Waals surface area contributed by atoms with Gasteiger partial charge in [0.2, 0.25) is 10.0 Å². The van der Waals surface area contributed by atoms with Crippen molar-refractivity contribution in [3.05, 3.63) is 59.7 Å². The molecule has 1 aliphatic rings. The Morgan fingerprint density at radius 1 is 1.03 bits per heavy atom. The van der Waals surface area contributed by atoms with E-state index >= 15 is 0 Å². The molecule has 1 heterocycles. The molecule has 0 aromatic heterocycles. The van der Waals surface area contributed by atoms with Crippen molar-refractivity contribution in [1.82, 2.24) is 9.62 Å². The number of hydrogen-bond donors (Lipinski definition) is 1. The predicted molar refractivity (Wildman–Crippen MR) is 108 cm³/mol. The van der Waals surface area contributed by atoms with E-state index in [1.165, 1.54) is 12.1 Å². The minimum absolute atomic E-state index is 0.0269. The number of nitrogens with zero attached hydrogens (tertiary/aromatic N) is 1. The average Bonchev–Trinajstić information content (AvgIpc) is 2.74. The van der Waals surface area contributed by atoms with E-state index in [0.29, 0.717) is 5.75 Å². The molecule has 0 saturated carbocycles. The van der Waals surface area contributed by atoms with Gasteiger partial charge in [0.05, 0.1) is 17.6 Å². The SMILES string of the molecule is COc1ccc(C(CNS(=O)(=O)c2ccccc2C(F)(F)F)N2CCCCC2)cc1. The molecule has 1 unspecified atom stereocenters. The molecule has 0 amide bonds. The zero-order valence-electron chi connectivity index (χ0n) is 16.7. The zero-order valence-corrected chi connectivity index (χ0v) is 17.5. The van der Waals surface area contributed by atoms with Gasteiger partial charge in [-0.15, -0.1) is 0 Å². The maximum Gasteiger partial charge on any atom is 0.417 e. The van der Waals surface area contributed by atoms with Crippen LogP contribution in [0.1, 0.15) is 36.4 Å². The van der Waals surface area contributed by atoms with Crippen molar-refractivity contribution in [2.45, 2.75) is 36.4 Å². The fourth-order valence-corrected chi connectivity index (χ4v) is 4.98. The molecule has 0 spiro atoms. The van der Waals surface area contributed by atoms with E-state index in [4.69, 9.17) is 4.74 Å². The predicted octanol–water partition coefficient (Wildman–Crippen LogP) is 4.22. The molecule has 1 atom stereocenters. The Morgan fingerprint density at radius 3 is 2.27 bits per heavy atom. The fourth-order valence-electron chi connectivity index (χ4n) is 3.72. The first-order valence-corrected chi connectivity index (χ1v) is 11.2. The van der Waals surface area contributed by atoms with E-state index in [1.807, 2.05) is 12.1 Å². The average molecular weight is 443 g/mol. The molecule has 1 N–H and O–H groups in total. The normalized spacial score (nSPS) is 16.9. The van der Waals surface area contributed by atoms with E-state index in [2.05, 4.69) is 9.62 Å². The Bertz CT molecular complexity index is 941. The molecule has 2 aromatic carbocycles. The van der Waals surface area contributed by atoms with Crippen LogP contribution in [0.5, 0.6) is 5.75 Å². The van der Waals surface area contributed by atoms with Crippen LogP contribution in [0, 0.1) is 0 Å². The summed E-state index contributed by atoms with van der Waals surface area (Å²) in [7, 11) is -2.79. The molecule has 3 rings (SSSR count). The lowest BCUT2D eigenvalue weighted by atomic mass is 10.0. The number of piperidine rings is 1. The number of likely N-dealkylation sites (tertiary alicyclic amines) is 1. The summed E-state index contributed by atoms with van der Waals surface area (Å²) >= 11 is 0. The number of ether oxygens (including phenoxy) is 1. The van der Waals surface area contributed by atoms with Gasteiger partial charge in [-0.3, -0.25) is 4.90 Å². The third kappa shape index (κ3) is 5.33. The number of rotatable bonds is 7. The lowest BCUT2D eigenvalue weighted by Gasteiger charge is -2.35. The van der Waals surface area contributed by atoms with Crippen LogP contribution in [0.3, 0.4) is 0 Å². The van der Waals surface area contributed by atoms with Gasteiger partial charge in [-0.1, -0.05) is 30.7 Å². The number of benzene rings is 2. The van der Waals surface area contributed by atoms with Gasteiger partial charge < -0.3 is 4.74 Å². The van der Waals surface area contributed by atoms with E-state index < -0.39 is 26.7 Å². The van der Waals surface area contributed by atoms with Crippen LogP contribution in [-0.2, 0) is 16.2 Å².